The molecule has 0 heterocycles. The van der Waals surface area contributed by atoms with E-state index in [1.165, 1.54) is 0 Å². The van der Waals surface area contributed by atoms with E-state index in [2.05, 4.69) is 0 Å². The minimum absolute atomic E-state index is 0.709. The van der Waals surface area contributed by atoms with Crippen molar-refractivity contribution in [3.05, 3.63) is 48.5 Å². The number of nitrogens with two attached hydrogens (primary N) is 1. The first kappa shape index (κ1) is 14.6. The SMILES string of the molecule is COc1ccc(N)c(SCCCOc2ccccc2)c1. The van der Waals surface area contributed by atoms with Crippen molar-refractivity contribution in [3.8, 4) is 11.5 Å². The fraction of sp³-hybridized carbons (Fsp3) is 0.250. The maximum absolute atomic E-state index is 5.94. The molecule has 0 fully saturated rings. The van der Waals surface area contributed by atoms with E-state index in [1.54, 1.807) is 18.9 Å². The molecule has 2 rings (SSSR count). The first-order valence-electron chi connectivity index (χ1n) is 6.54. The first-order chi connectivity index (χ1) is 9.79. The zero-order valence-electron chi connectivity index (χ0n) is 11.5. The number of hydrogen-bond acceptors (Lipinski definition) is 4. The molecule has 0 saturated carbocycles. The number of benzene rings is 2. The van der Waals surface area contributed by atoms with Crippen LogP contribution in [-0.2, 0) is 0 Å². The van der Waals surface area contributed by atoms with Crippen LogP contribution in [-0.4, -0.2) is 19.5 Å². The van der Waals surface area contributed by atoms with Gasteiger partial charge in [-0.1, -0.05) is 18.2 Å². The second-order valence-corrected chi connectivity index (χ2v) is 5.40. The average Bonchev–Trinajstić information content (AvgIpc) is 2.50. The minimum atomic E-state index is 0.709. The van der Waals surface area contributed by atoms with Crippen LogP contribution in [0.4, 0.5) is 5.69 Å². The van der Waals surface area contributed by atoms with Crippen molar-refractivity contribution in [2.45, 2.75) is 11.3 Å². The number of para-hydroxylation sites is 1. The maximum Gasteiger partial charge on any atom is 0.120 e. The summed E-state index contributed by atoms with van der Waals surface area (Å²) in [6.07, 6.45) is 0.968. The Bertz CT molecular complexity index is 531. The van der Waals surface area contributed by atoms with Crippen molar-refractivity contribution in [3.63, 3.8) is 0 Å². The van der Waals surface area contributed by atoms with E-state index in [0.29, 0.717) is 6.61 Å². The van der Waals surface area contributed by atoms with Crippen LogP contribution in [0.15, 0.2) is 53.4 Å². The predicted molar refractivity (Wildman–Crippen MR) is 84.7 cm³/mol. The monoisotopic (exact) mass is 289 g/mol. The Morgan fingerprint density at radius 1 is 1.05 bits per heavy atom. The molecular formula is C16H19NO2S. The highest BCUT2D eigenvalue weighted by atomic mass is 32.2. The van der Waals surface area contributed by atoms with Gasteiger partial charge in [-0.2, -0.15) is 0 Å². The number of nitrogen functional groups attached to an aromatic ring is 1. The molecule has 0 aliphatic heterocycles. The van der Waals surface area contributed by atoms with E-state index in [1.807, 2.05) is 48.5 Å². The number of ether oxygens (including phenoxy) is 2. The summed E-state index contributed by atoms with van der Waals surface area (Å²) in [4.78, 5) is 1.06. The largest absolute Gasteiger partial charge is 0.497 e. The van der Waals surface area contributed by atoms with Gasteiger partial charge in [0.25, 0.3) is 0 Å². The fourth-order valence-corrected chi connectivity index (χ4v) is 2.63. The lowest BCUT2D eigenvalue weighted by atomic mass is 10.3. The highest BCUT2D eigenvalue weighted by molar-refractivity contribution is 7.99. The van der Waals surface area contributed by atoms with E-state index in [9.17, 15) is 0 Å². The van der Waals surface area contributed by atoms with Gasteiger partial charge in [-0.25, -0.2) is 0 Å². The molecule has 0 aliphatic rings. The lowest BCUT2D eigenvalue weighted by molar-refractivity contribution is 0.319. The molecule has 0 atom stereocenters. The summed E-state index contributed by atoms with van der Waals surface area (Å²) in [6.45, 7) is 0.709. The molecule has 2 aromatic rings. The minimum Gasteiger partial charge on any atom is -0.497 e. The highest BCUT2D eigenvalue weighted by Crippen LogP contribution is 2.29. The molecule has 4 heteroatoms. The van der Waals surface area contributed by atoms with Gasteiger partial charge in [-0.3, -0.25) is 0 Å². The molecule has 0 saturated heterocycles. The Kier molecular flexibility index (Phi) is 5.62. The quantitative estimate of drug-likeness (QED) is 0.478. The molecule has 0 aliphatic carbocycles. The zero-order chi connectivity index (χ0) is 14.2. The Hall–Kier alpha value is -1.81. The van der Waals surface area contributed by atoms with Crippen LogP contribution in [0.5, 0.6) is 11.5 Å². The van der Waals surface area contributed by atoms with Crippen LogP contribution >= 0.6 is 11.8 Å². The standard InChI is InChI=1S/C16H19NO2S/c1-18-14-8-9-15(17)16(12-14)20-11-5-10-19-13-6-3-2-4-7-13/h2-4,6-9,12H,5,10-11,17H2,1H3. The molecule has 0 aromatic heterocycles. The van der Waals surface area contributed by atoms with Gasteiger partial charge in [-0.05, 0) is 36.8 Å². The highest BCUT2D eigenvalue weighted by Gasteiger charge is 2.02. The third-order valence-corrected chi connectivity index (χ3v) is 3.94. The van der Waals surface area contributed by atoms with Crippen LogP contribution in [0.25, 0.3) is 0 Å². The van der Waals surface area contributed by atoms with Crippen LogP contribution in [0.2, 0.25) is 0 Å². The predicted octanol–water partition coefficient (Wildman–Crippen LogP) is 3.84. The van der Waals surface area contributed by atoms with Gasteiger partial charge in [-0.15, -0.1) is 11.8 Å². The van der Waals surface area contributed by atoms with E-state index >= 15 is 0 Å². The number of thioether (sulfide) groups is 1. The summed E-state index contributed by atoms with van der Waals surface area (Å²) < 4.78 is 10.9. The van der Waals surface area contributed by atoms with Crippen LogP contribution in [0.1, 0.15) is 6.42 Å². The normalized spacial score (nSPS) is 10.2. The van der Waals surface area contributed by atoms with Crippen LogP contribution in [0, 0.1) is 0 Å². The van der Waals surface area contributed by atoms with Crippen molar-refractivity contribution < 1.29 is 9.47 Å². The molecule has 2 N–H and O–H groups in total. The summed E-state index contributed by atoms with van der Waals surface area (Å²) in [5.41, 5.74) is 6.73. The van der Waals surface area contributed by atoms with Crippen LogP contribution < -0.4 is 15.2 Å². The topological polar surface area (TPSA) is 44.5 Å². The molecule has 3 nitrogen and oxygen atoms in total. The Morgan fingerprint density at radius 2 is 1.85 bits per heavy atom. The second kappa shape index (κ2) is 7.70. The summed E-state index contributed by atoms with van der Waals surface area (Å²) in [5.74, 6) is 2.71. The number of rotatable bonds is 7. The van der Waals surface area contributed by atoms with Crippen molar-refractivity contribution >= 4 is 17.4 Å². The summed E-state index contributed by atoms with van der Waals surface area (Å²) in [6, 6.07) is 15.6. The summed E-state index contributed by atoms with van der Waals surface area (Å²) >= 11 is 1.73. The lowest BCUT2D eigenvalue weighted by Gasteiger charge is -2.08. The maximum atomic E-state index is 5.94. The van der Waals surface area contributed by atoms with Gasteiger partial charge < -0.3 is 15.2 Å². The van der Waals surface area contributed by atoms with E-state index in [4.69, 9.17) is 15.2 Å². The summed E-state index contributed by atoms with van der Waals surface area (Å²) in [7, 11) is 1.66. The molecular weight excluding hydrogens is 270 g/mol. The fourth-order valence-electron chi connectivity index (χ4n) is 1.71. The van der Waals surface area contributed by atoms with E-state index in [-0.39, 0.29) is 0 Å². The molecule has 0 unspecified atom stereocenters. The van der Waals surface area contributed by atoms with Crippen molar-refractivity contribution in [2.75, 3.05) is 25.2 Å². The third-order valence-electron chi connectivity index (χ3n) is 2.78. The Morgan fingerprint density at radius 3 is 2.60 bits per heavy atom. The third kappa shape index (κ3) is 4.38. The molecule has 0 amide bonds. The second-order valence-electron chi connectivity index (χ2n) is 4.27. The molecule has 106 valence electrons. The molecule has 2 aromatic carbocycles. The molecule has 20 heavy (non-hydrogen) atoms. The van der Waals surface area contributed by atoms with Gasteiger partial charge >= 0.3 is 0 Å². The number of methoxy groups -OCH3 is 1. The Labute approximate surface area is 124 Å². The van der Waals surface area contributed by atoms with Crippen LogP contribution in [0.3, 0.4) is 0 Å². The van der Waals surface area contributed by atoms with Gasteiger partial charge in [0, 0.05) is 16.3 Å². The van der Waals surface area contributed by atoms with Gasteiger partial charge in [0.1, 0.15) is 11.5 Å². The number of hydrogen-bond donors (Lipinski definition) is 1. The van der Waals surface area contributed by atoms with Crippen molar-refractivity contribution in [1.29, 1.82) is 0 Å². The zero-order valence-corrected chi connectivity index (χ0v) is 12.4. The molecule has 0 spiro atoms. The van der Waals surface area contributed by atoms with Crippen molar-refractivity contribution in [1.82, 2.24) is 0 Å². The Balaban J connectivity index is 1.73. The molecule has 0 bridgehead atoms. The summed E-state index contributed by atoms with van der Waals surface area (Å²) in [5, 5.41) is 0. The lowest BCUT2D eigenvalue weighted by Crippen LogP contribution is -1.99. The van der Waals surface area contributed by atoms with E-state index in [0.717, 1.165) is 34.3 Å². The van der Waals surface area contributed by atoms with Gasteiger partial charge in [0.2, 0.25) is 0 Å². The van der Waals surface area contributed by atoms with Gasteiger partial charge in [0.15, 0.2) is 0 Å². The number of anilines is 1. The van der Waals surface area contributed by atoms with Gasteiger partial charge in [0.05, 0.1) is 13.7 Å². The molecule has 0 radical (unpaired) electrons. The smallest absolute Gasteiger partial charge is 0.120 e. The first-order valence-corrected chi connectivity index (χ1v) is 7.52. The van der Waals surface area contributed by atoms with Crippen molar-refractivity contribution in [2.24, 2.45) is 0 Å². The van der Waals surface area contributed by atoms with E-state index < -0.39 is 0 Å². The average molecular weight is 289 g/mol.